The highest BCUT2D eigenvalue weighted by atomic mass is 16.5. The number of amides is 1. The molecule has 0 atom stereocenters. The molecule has 17 heavy (non-hydrogen) atoms. The number of benzene rings is 1. The first-order valence-corrected chi connectivity index (χ1v) is 5.91. The van der Waals surface area contributed by atoms with Crippen LogP contribution < -0.4 is 10.5 Å². The van der Waals surface area contributed by atoms with Crippen molar-refractivity contribution >= 4 is 11.6 Å². The summed E-state index contributed by atoms with van der Waals surface area (Å²) < 4.78 is 5.42. The van der Waals surface area contributed by atoms with Crippen LogP contribution in [0.4, 0.5) is 5.69 Å². The molecule has 0 saturated heterocycles. The Morgan fingerprint density at radius 3 is 2.88 bits per heavy atom. The van der Waals surface area contributed by atoms with E-state index in [1.54, 1.807) is 23.1 Å². The predicted molar refractivity (Wildman–Crippen MR) is 66.8 cm³/mol. The van der Waals surface area contributed by atoms with E-state index >= 15 is 0 Å². The molecular formula is C13H18N2O2. The highest BCUT2D eigenvalue weighted by molar-refractivity contribution is 5.78. The molecule has 1 aliphatic carbocycles. The summed E-state index contributed by atoms with van der Waals surface area (Å²) in [4.78, 5) is 13.6. The van der Waals surface area contributed by atoms with E-state index in [9.17, 15) is 4.79 Å². The van der Waals surface area contributed by atoms with Crippen LogP contribution in [0.2, 0.25) is 0 Å². The van der Waals surface area contributed by atoms with Crippen molar-refractivity contribution in [3.8, 4) is 5.75 Å². The van der Waals surface area contributed by atoms with Crippen LogP contribution >= 0.6 is 0 Å². The van der Waals surface area contributed by atoms with Crippen molar-refractivity contribution in [1.29, 1.82) is 0 Å². The minimum Gasteiger partial charge on any atom is -0.484 e. The summed E-state index contributed by atoms with van der Waals surface area (Å²) in [6, 6.07) is 7.52. The van der Waals surface area contributed by atoms with Crippen LogP contribution in [0.25, 0.3) is 0 Å². The SMILES string of the molecule is CN(C(=O)COc1cccc(N)c1)C1CCC1. The Balaban J connectivity index is 1.83. The standard InChI is InChI=1S/C13H18N2O2/c1-15(11-5-3-6-11)13(16)9-17-12-7-2-4-10(14)8-12/h2,4,7-8,11H,3,5-6,9,14H2,1H3. The molecule has 2 N–H and O–H groups in total. The minimum absolute atomic E-state index is 0.0251. The molecule has 1 saturated carbocycles. The lowest BCUT2D eigenvalue weighted by atomic mass is 9.92. The quantitative estimate of drug-likeness (QED) is 0.806. The molecule has 4 nitrogen and oxygen atoms in total. The average Bonchev–Trinajstić information content (AvgIpc) is 2.23. The van der Waals surface area contributed by atoms with Crippen LogP contribution in [0.1, 0.15) is 19.3 Å². The van der Waals surface area contributed by atoms with Crippen LogP contribution in [0, 0.1) is 0 Å². The zero-order valence-electron chi connectivity index (χ0n) is 10.1. The molecule has 1 amide bonds. The maximum atomic E-state index is 11.8. The summed E-state index contributed by atoms with van der Waals surface area (Å²) in [5.74, 6) is 0.664. The van der Waals surface area contributed by atoms with E-state index in [-0.39, 0.29) is 12.5 Å². The normalized spacial score (nSPS) is 15.1. The third-order valence-electron chi connectivity index (χ3n) is 3.24. The van der Waals surface area contributed by atoms with Gasteiger partial charge in [-0.05, 0) is 31.4 Å². The van der Waals surface area contributed by atoms with Gasteiger partial charge in [0, 0.05) is 24.8 Å². The molecule has 0 aromatic heterocycles. The van der Waals surface area contributed by atoms with Crippen molar-refractivity contribution in [2.75, 3.05) is 19.4 Å². The summed E-state index contributed by atoms with van der Waals surface area (Å²) in [5.41, 5.74) is 6.27. The Hall–Kier alpha value is -1.71. The summed E-state index contributed by atoms with van der Waals surface area (Å²) in [6.07, 6.45) is 3.44. The third-order valence-corrected chi connectivity index (χ3v) is 3.24. The maximum absolute atomic E-state index is 11.8. The van der Waals surface area contributed by atoms with Crippen LogP contribution in [-0.2, 0) is 4.79 Å². The predicted octanol–water partition coefficient (Wildman–Crippen LogP) is 1.66. The van der Waals surface area contributed by atoms with Crippen LogP contribution in [0.15, 0.2) is 24.3 Å². The fourth-order valence-electron chi connectivity index (χ4n) is 1.83. The lowest BCUT2D eigenvalue weighted by molar-refractivity contribution is -0.135. The lowest BCUT2D eigenvalue weighted by Gasteiger charge is -2.34. The molecular weight excluding hydrogens is 216 g/mol. The van der Waals surface area contributed by atoms with Crippen molar-refractivity contribution in [1.82, 2.24) is 4.90 Å². The first-order chi connectivity index (χ1) is 8.16. The Labute approximate surface area is 101 Å². The first kappa shape index (κ1) is 11.8. The van der Waals surface area contributed by atoms with E-state index in [1.165, 1.54) is 6.42 Å². The highest BCUT2D eigenvalue weighted by Gasteiger charge is 2.25. The van der Waals surface area contributed by atoms with Gasteiger partial charge >= 0.3 is 0 Å². The van der Waals surface area contributed by atoms with Gasteiger partial charge in [-0.25, -0.2) is 0 Å². The van der Waals surface area contributed by atoms with Gasteiger partial charge in [-0.3, -0.25) is 4.79 Å². The van der Waals surface area contributed by atoms with Gasteiger partial charge in [0.05, 0.1) is 0 Å². The van der Waals surface area contributed by atoms with Gasteiger partial charge in [-0.2, -0.15) is 0 Å². The molecule has 0 spiro atoms. The monoisotopic (exact) mass is 234 g/mol. The van der Waals surface area contributed by atoms with E-state index in [4.69, 9.17) is 10.5 Å². The van der Waals surface area contributed by atoms with E-state index in [0.29, 0.717) is 17.5 Å². The Kier molecular flexibility index (Phi) is 3.52. The average molecular weight is 234 g/mol. The topological polar surface area (TPSA) is 55.6 Å². The summed E-state index contributed by atoms with van der Waals surface area (Å²) in [6.45, 7) is 0.0798. The van der Waals surface area contributed by atoms with Crippen molar-refractivity contribution in [3.63, 3.8) is 0 Å². The van der Waals surface area contributed by atoms with Crippen molar-refractivity contribution in [2.45, 2.75) is 25.3 Å². The lowest BCUT2D eigenvalue weighted by Crippen LogP contribution is -2.43. The molecule has 0 bridgehead atoms. The number of nitrogens with zero attached hydrogens (tertiary/aromatic N) is 1. The van der Waals surface area contributed by atoms with Gasteiger partial charge in [0.2, 0.25) is 0 Å². The Morgan fingerprint density at radius 2 is 2.29 bits per heavy atom. The molecule has 1 fully saturated rings. The number of ether oxygens (including phenoxy) is 1. The van der Waals surface area contributed by atoms with E-state index in [1.807, 2.05) is 13.1 Å². The molecule has 92 valence electrons. The number of rotatable bonds is 4. The molecule has 0 aliphatic heterocycles. The zero-order valence-corrected chi connectivity index (χ0v) is 10.1. The maximum Gasteiger partial charge on any atom is 0.260 e. The van der Waals surface area contributed by atoms with Crippen molar-refractivity contribution in [2.24, 2.45) is 0 Å². The van der Waals surface area contributed by atoms with Gasteiger partial charge in [0.15, 0.2) is 6.61 Å². The molecule has 2 rings (SSSR count). The smallest absolute Gasteiger partial charge is 0.260 e. The number of nitrogen functional groups attached to an aromatic ring is 1. The second-order valence-electron chi connectivity index (χ2n) is 4.45. The first-order valence-electron chi connectivity index (χ1n) is 5.91. The van der Waals surface area contributed by atoms with Gasteiger partial charge < -0.3 is 15.4 Å². The number of hydrogen-bond acceptors (Lipinski definition) is 3. The van der Waals surface area contributed by atoms with Gasteiger partial charge in [-0.1, -0.05) is 6.07 Å². The number of nitrogens with two attached hydrogens (primary N) is 1. The molecule has 1 aliphatic rings. The van der Waals surface area contributed by atoms with Gasteiger partial charge in [0.25, 0.3) is 5.91 Å². The van der Waals surface area contributed by atoms with Gasteiger partial charge in [-0.15, -0.1) is 0 Å². The number of carbonyl (C=O) groups excluding carboxylic acids is 1. The van der Waals surface area contributed by atoms with Gasteiger partial charge in [0.1, 0.15) is 5.75 Å². The van der Waals surface area contributed by atoms with Crippen LogP contribution in [0.3, 0.4) is 0 Å². The second kappa shape index (κ2) is 5.08. The highest BCUT2D eigenvalue weighted by Crippen LogP contribution is 2.23. The summed E-state index contributed by atoms with van der Waals surface area (Å²) in [5, 5.41) is 0. The number of anilines is 1. The largest absolute Gasteiger partial charge is 0.484 e. The van der Waals surface area contributed by atoms with Crippen LogP contribution in [0.5, 0.6) is 5.75 Å². The van der Waals surface area contributed by atoms with Crippen molar-refractivity contribution in [3.05, 3.63) is 24.3 Å². The van der Waals surface area contributed by atoms with E-state index in [0.717, 1.165) is 12.8 Å². The molecule has 0 radical (unpaired) electrons. The number of hydrogen-bond donors (Lipinski definition) is 1. The zero-order chi connectivity index (χ0) is 12.3. The van der Waals surface area contributed by atoms with E-state index in [2.05, 4.69) is 0 Å². The summed E-state index contributed by atoms with van der Waals surface area (Å²) >= 11 is 0. The third kappa shape index (κ3) is 2.90. The van der Waals surface area contributed by atoms with Crippen LogP contribution in [-0.4, -0.2) is 30.5 Å². The molecule has 0 unspecified atom stereocenters. The molecule has 1 aromatic rings. The Morgan fingerprint density at radius 1 is 1.53 bits per heavy atom. The van der Waals surface area contributed by atoms with E-state index < -0.39 is 0 Å². The second-order valence-corrected chi connectivity index (χ2v) is 4.45. The number of likely N-dealkylation sites (N-methyl/N-ethyl adjacent to an activating group) is 1. The Bertz CT molecular complexity index is 402. The number of carbonyl (C=O) groups is 1. The molecule has 0 heterocycles. The van der Waals surface area contributed by atoms with Crippen molar-refractivity contribution < 1.29 is 9.53 Å². The molecule has 1 aromatic carbocycles. The fraction of sp³-hybridized carbons (Fsp3) is 0.462. The summed E-state index contributed by atoms with van der Waals surface area (Å²) in [7, 11) is 1.84. The molecule has 4 heteroatoms. The minimum atomic E-state index is 0.0251. The fourth-order valence-corrected chi connectivity index (χ4v) is 1.83.